The molecule has 0 fully saturated rings. The van der Waals surface area contributed by atoms with Crippen LogP contribution in [0.25, 0.3) is 0 Å². The predicted molar refractivity (Wildman–Crippen MR) is 31.9 cm³/mol. The van der Waals surface area contributed by atoms with Gasteiger partial charge in [-0.2, -0.15) is 12.6 Å². The molecule has 0 radical (unpaired) electrons. The van der Waals surface area contributed by atoms with E-state index in [4.69, 9.17) is 5.73 Å². The molecule has 38 valence electrons. The summed E-state index contributed by atoms with van der Waals surface area (Å²) < 4.78 is 0. The van der Waals surface area contributed by atoms with E-state index in [9.17, 15) is 0 Å². The van der Waals surface area contributed by atoms with E-state index < -0.39 is 0 Å². The average Bonchev–Trinajstić information content (AvgIpc) is 1.35. The summed E-state index contributed by atoms with van der Waals surface area (Å²) >= 11 is 4.03. The Bertz CT molecular complexity index is 37.3. The van der Waals surface area contributed by atoms with Gasteiger partial charge in [-0.25, -0.2) is 0 Å². The molecule has 0 saturated heterocycles. The topological polar surface area (TPSA) is 26.0 Å². The molecule has 0 rings (SSSR count). The molecule has 0 aliphatic carbocycles. The third-order valence-electron chi connectivity index (χ3n) is 0.716. The van der Waals surface area contributed by atoms with E-state index in [0.717, 1.165) is 6.42 Å². The van der Waals surface area contributed by atoms with Gasteiger partial charge in [-0.15, -0.1) is 0 Å². The van der Waals surface area contributed by atoms with Crippen LogP contribution in [-0.4, -0.2) is 4.87 Å². The Morgan fingerprint density at radius 1 is 1.83 bits per heavy atom. The highest BCUT2D eigenvalue weighted by molar-refractivity contribution is 7.81. The minimum absolute atomic E-state index is 0.264. The Hall–Kier alpha value is 0.310. The molecule has 6 heavy (non-hydrogen) atoms. The molecule has 0 amide bonds. The van der Waals surface area contributed by atoms with E-state index in [1.165, 1.54) is 0 Å². The van der Waals surface area contributed by atoms with Crippen molar-refractivity contribution in [1.29, 1.82) is 0 Å². The lowest BCUT2D eigenvalue weighted by Gasteiger charge is -2.11. The average molecular weight is 105 g/mol. The maximum Gasteiger partial charge on any atom is 0.0559 e. The van der Waals surface area contributed by atoms with Crippen LogP contribution in [0.4, 0.5) is 0 Å². The summed E-state index contributed by atoms with van der Waals surface area (Å²) in [5, 5.41) is 0. The number of hydrogen-bond donors (Lipinski definition) is 2. The lowest BCUT2D eigenvalue weighted by atomic mass is 10.3. The summed E-state index contributed by atoms with van der Waals surface area (Å²) in [5.74, 6) is 0. The first kappa shape index (κ1) is 6.31. The Morgan fingerprint density at radius 3 is 2.00 bits per heavy atom. The molecule has 0 unspecified atom stereocenters. The summed E-state index contributed by atoms with van der Waals surface area (Å²) in [6, 6.07) is 0. The first-order valence-corrected chi connectivity index (χ1v) is 2.52. The summed E-state index contributed by atoms with van der Waals surface area (Å²) in [6.07, 6.45) is 0.913. The van der Waals surface area contributed by atoms with Crippen LogP contribution in [0.1, 0.15) is 20.3 Å². The molecule has 0 spiro atoms. The zero-order valence-electron chi connectivity index (χ0n) is 4.23. The van der Waals surface area contributed by atoms with Crippen LogP contribution in [-0.2, 0) is 0 Å². The molecule has 2 N–H and O–H groups in total. The van der Waals surface area contributed by atoms with Crippen LogP contribution in [0.3, 0.4) is 0 Å². The quantitative estimate of drug-likeness (QED) is 0.377. The van der Waals surface area contributed by atoms with Crippen molar-refractivity contribution in [1.82, 2.24) is 0 Å². The van der Waals surface area contributed by atoms with E-state index in [1.807, 2.05) is 13.8 Å². The molecule has 2 heteroatoms. The van der Waals surface area contributed by atoms with E-state index in [2.05, 4.69) is 12.6 Å². The molecule has 0 heterocycles. The maximum absolute atomic E-state index is 5.40. The normalized spacial score (nSPS) is 20.0. The standard InChI is InChI=1S/C4H11NS/c1-3-4(2,5)6/h6H,3,5H2,1-2H3/t4-/m1/s1. The van der Waals surface area contributed by atoms with Crippen LogP contribution in [0, 0.1) is 0 Å². The van der Waals surface area contributed by atoms with Gasteiger partial charge in [0.25, 0.3) is 0 Å². The fraction of sp³-hybridized carbons (Fsp3) is 1.00. The predicted octanol–water partition coefficient (Wildman–Crippen LogP) is 1.00. The highest BCUT2D eigenvalue weighted by Crippen LogP contribution is 2.07. The van der Waals surface area contributed by atoms with E-state index in [0.29, 0.717) is 0 Å². The van der Waals surface area contributed by atoms with Gasteiger partial charge in [0.2, 0.25) is 0 Å². The number of rotatable bonds is 1. The molecule has 0 aromatic rings. The fourth-order valence-corrected chi connectivity index (χ4v) is 0. The Kier molecular flexibility index (Phi) is 1.94. The van der Waals surface area contributed by atoms with Crippen LogP contribution < -0.4 is 5.73 Å². The van der Waals surface area contributed by atoms with Crippen LogP contribution in [0.15, 0.2) is 0 Å². The SMILES string of the molecule is CC[C@](C)(N)S. The van der Waals surface area contributed by atoms with Crippen LogP contribution in [0.2, 0.25) is 0 Å². The van der Waals surface area contributed by atoms with Crippen molar-refractivity contribution in [2.24, 2.45) is 5.73 Å². The van der Waals surface area contributed by atoms with Crippen molar-refractivity contribution in [2.75, 3.05) is 0 Å². The smallest absolute Gasteiger partial charge is 0.0559 e. The highest BCUT2D eigenvalue weighted by Gasteiger charge is 2.04. The number of thiol groups is 1. The molecule has 0 aliphatic rings. The third kappa shape index (κ3) is 4.31. The minimum Gasteiger partial charge on any atom is -0.317 e. The van der Waals surface area contributed by atoms with Crippen molar-refractivity contribution < 1.29 is 0 Å². The van der Waals surface area contributed by atoms with Gasteiger partial charge in [0.15, 0.2) is 0 Å². The number of hydrogen-bond acceptors (Lipinski definition) is 2. The molecular formula is C4H11NS. The van der Waals surface area contributed by atoms with Crippen molar-refractivity contribution in [3.8, 4) is 0 Å². The monoisotopic (exact) mass is 105 g/mol. The van der Waals surface area contributed by atoms with Gasteiger partial charge in [0, 0.05) is 0 Å². The van der Waals surface area contributed by atoms with E-state index >= 15 is 0 Å². The lowest BCUT2D eigenvalue weighted by Crippen LogP contribution is -2.26. The van der Waals surface area contributed by atoms with Gasteiger partial charge >= 0.3 is 0 Å². The Balaban J connectivity index is 3.17. The third-order valence-corrected chi connectivity index (χ3v) is 1.03. The highest BCUT2D eigenvalue weighted by atomic mass is 32.1. The largest absolute Gasteiger partial charge is 0.317 e. The fourth-order valence-electron chi connectivity index (χ4n) is 0. The summed E-state index contributed by atoms with van der Waals surface area (Å²) in [7, 11) is 0. The van der Waals surface area contributed by atoms with Crippen LogP contribution in [0.5, 0.6) is 0 Å². The maximum atomic E-state index is 5.40. The van der Waals surface area contributed by atoms with Gasteiger partial charge in [-0.1, -0.05) is 6.92 Å². The molecule has 0 aromatic carbocycles. The van der Waals surface area contributed by atoms with E-state index in [1.54, 1.807) is 0 Å². The first-order valence-electron chi connectivity index (χ1n) is 2.07. The Labute approximate surface area is 44.3 Å². The lowest BCUT2D eigenvalue weighted by molar-refractivity contribution is 0.657. The van der Waals surface area contributed by atoms with E-state index in [-0.39, 0.29) is 4.87 Å². The second kappa shape index (κ2) is 1.85. The summed E-state index contributed by atoms with van der Waals surface area (Å²) in [4.78, 5) is -0.264. The molecule has 1 atom stereocenters. The van der Waals surface area contributed by atoms with Gasteiger partial charge in [0.1, 0.15) is 0 Å². The molecule has 0 aromatic heterocycles. The zero-order valence-corrected chi connectivity index (χ0v) is 5.13. The molecular weight excluding hydrogens is 94.1 g/mol. The summed E-state index contributed by atoms with van der Waals surface area (Å²) in [6.45, 7) is 3.89. The molecule has 0 aliphatic heterocycles. The van der Waals surface area contributed by atoms with Crippen molar-refractivity contribution >= 4 is 12.6 Å². The summed E-state index contributed by atoms with van der Waals surface area (Å²) in [5.41, 5.74) is 5.40. The Morgan fingerprint density at radius 2 is 2.00 bits per heavy atom. The first-order chi connectivity index (χ1) is 2.56. The second-order valence-corrected chi connectivity index (χ2v) is 2.73. The second-order valence-electron chi connectivity index (χ2n) is 1.71. The zero-order chi connectivity index (χ0) is 5.21. The minimum atomic E-state index is -0.264. The molecule has 0 bridgehead atoms. The van der Waals surface area contributed by atoms with Gasteiger partial charge in [0.05, 0.1) is 4.87 Å². The van der Waals surface area contributed by atoms with Crippen molar-refractivity contribution in [3.05, 3.63) is 0 Å². The van der Waals surface area contributed by atoms with Gasteiger partial charge < -0.3 is 5.73 Å². The van der Waals surface area contributed by atoms with Crippen molar-refractivity contribution in [2.45, 2.75) is 25.1 Å². The van der Waals surface area contributed by atoms with Gasteiger partial charge in [-0.3, -0.25) is 0 Å². The number of nitrogens with two attached hydrogens (primary N) is 1. The van der Waals surface area contributed by atoms with Crippen LogP contribution >= 0.6 is 12.6 Å². The van der Waals surface area contributed by atoms with Gasteiger partial charge in [-0.05, 0) is 13.3 Å². The molecule has 0 saturated carbocycles. The molecule has 1 nitrogen and oxygen atoms in total. The van der Waals surface area contributed by atoms with Crippen molar-refractivity contribution in [3.63, 3.8) is 0 Å².